The van der Waals surface area contributed by atoms with E-state index in [1.54, 1.807) is 24.3 Å². The van der Waals surface area contributed by atoms with Gasteiger partial charge in [0, 0.05) is 12.1 Å². The first-order chi connectivity index (χ1) is 13.1. The standard InChI is InChI=1S/C19H20FN3O4/c1-24-15-8-12(9-16(25-2)17(15)26-3)18-22-19(27-23-18)14(10-21)11-4-6-13(20)7-5-11/h4-9,14H,10,21H2,1-3H3. The highest BCUT2D eigenvalue weighted by molar-refractivity contribution is 5.66. The zero-order chi connectivity index (χ0) is 19.4. The number of aromatic nitrogens is 2. The first-order valence-electron chi connectivity index (χ1n) is 8.20. The molecule has 0 aliphatic carbocycles. The van der Waals surface area contributed by atoms with Gasteiger partial charge in [0.25, 0.3) is 0 Å². The van der Waals surface area contributed by atoms with Gasteiger partial charge in [0.1, 0.15) is 5.82 Å². The molecule has 0 amide bonds. The number of methoxy groups -OCH3 is 3. The molecule has 3 aromatic rings. The summed E-state index contributed by atoms with van der Waals surface area (Å²) < 4.78 is 34.6. The van der Waals surface area contributed by atoms with Gasteiger partial charge in [-0.15, -0.1) is 0 Å². The van der Waals surface area contributed by atoms with Crippen molar-refractivity contribution >= 4 is 0 Å². The van der Waals surface area contributed by atoms with E-state index in [-0.39, 0.29) is 18.3 Å². The maximum atomic E-state index is 13.2. The van der Waals surface area contributed by atoms with Crippen molar-refractivity contribution in [3.8, 4) is 28.6 Å². The molecule has 7 nitrogen and oxygen atoms in total. The Morgan fingerprint density at radius 3 is 2.19 bits per heavy atom. The van der Waals surface area contributed by atoms with Crippen molar-refractivity contribution in [1.29, 1.82) is 0 Å². The van der Waals surface area contributed by atoms with Crippen LogP contribution < -0.4 is 19.9 Å². The lowest BCUT2D eigenvalue weighted by molar-refractivity contribution is 0.324. The Hall–Kier alpha value is -3.13. The predicted molar refractivity (Wildman–Crippen MR) is 96.7 cm³/mol. The van der Waals surface area contributed by atoms with Gasteiger partial charge >= 0.3 is 0 Å². The summed E-state index contributed by atoms with van der Waals surface area (Å²) in [4.78, 5) is 4.45. The van der Waals surface area contributed by atoms with Crippen molar-refractivity contribution in [2.45, 2.75) is 5.92 Å². The lowest BCUT2D eigenvalue weighted by atomic mass is 9.99. The molecule has 0 fully saturated rings. The minimum absolute atomic E-state index is 0.239. The highest BCUT2D eigenvalue weighted by atomic mass is 19.1. The van der Waals surface area contributed by atoms with Crippen LogP contribution in [0, 0.1) is 5.82 Å². The van der Waals surface area contributed by atoms with Crippen LogP contribution in [-0.2, 0) is 0 Å². The highest BCUT2D eigenvalue weighted by Crippen LogP contribution is 2.40. The lowest BCUT2D eigenvalue weighted by Crippen LogP contribution is -2.14. The zero-order valence-electron chi connectivity index (χ0n) is 15.2. The molecular formula is C19H20FN3O4. The molecule has 27 heavy (non-hydrogen) atoms. The van der Waals surface area contributed by atoms with Crippen LogP contribution in [-0.4, -0.2) is 38.0 Å². The van der Waals surface area contributed by atoms with E-state index in [9.17, 15) is 4.39 Å². The number of nitrogens with two attached hydrogens (primary N) is 1. The van der Waals surface area contributed by atoms with Crippen LogP contribution >= 0.6 is 0 Å². The summed E-state index contributed by atoms with van der Waals surface area (Å²) in [5, 5.41) is 4.04. The normalized spacial score (nSPS) is 11.9. The number of halogens is 1. The molecule has 0 saturated carbocycles. The Kier molecular flexibility index (Phi) is 5.56. The largest absolute Gasteiger partial charge is 0.493 e. The van der Waals surface area contributed by atoms with Crippen LogP contribution in [0.4, 0.5) is 4.39 Å². The third-order valence-electron chi connectivity index (χ3n) is 4.17. The molecule has 2 N–H and O–H groups in total. The summed E-state index contributed by atoms with van der Waals surface area (Å²) in [6.45, 7) is 0.239. The molecule has 3 rings (SSSR count). The second kappa shape index (κ2) is 8.05. The summed E-state index contributed by atoms with van der Waals surface area (Å²) in [6.07, 6.45) is 0. The van der Waals surface area contributed by atoms with Crippen molar-refractivity contribution in [3.63, 3.8) is 0 Å². The Bertz CT molecular complexity index is 887. The van der Waals surface area contributed by atoms with Crippen molar-refractivity contribution in [3.05, 3.63) is 53.7 Å². The molecule has 1 aromatic heterocycles. The van der Waals surface area contributed by atoms with Gasteiger partial charge in [-0.05, 0) is 29.8 Å². The Morgan fingerprint density at radius 1 is 1.04 bits per heavy atom. The van der Waals surface area contributed by atoms with Crippen molar-refractivity contribution in [1.82, 2.24) is 10.1 Å². The fourth-order valence-corrected chi connectivity index (χ4v) is 2.78. The van der Waals surface area contributed by atoms with E-state index >= 15 is 0 Å². The van der Waals surface area contributed by atoms with E-state index in [0.717, 1.165) is 5.56 Å². The highest BCUT2D eigenvalue weighted by Gasteiger charge is 2.22. The average molecular weight is 373 g/mol. The monoisotopic (exact) mass is 373 g/mol. The van der Waals surface area contributed by atoms with Gasteiger partial charge < -0.3 is 24.5 Å². The van der Waals surface area contributed by atoms with Gasteiger partial charge in [0.2, 0.25) is 17.5 Å². The molecule has 1 atom stereocenters. The Labute approximate surface area is 155 Å². The van der Waals surface area contributed by atoms with E-state index in [4.69, 9.17) is 24.5 Å². The summed E-state index contributed by atoms with van der Waals surface area (Å²) in [7, 11) is 4.59. The lowest BCUT2D eigenvalue weighted by Gasteiger charge is -2.13. The summed E-state index contributed by atoms with van der Waals surface area (Å²) >= 11 is 0. The van der Waals surface area contributed by atoms with Gasteiger partial charge in [-0.25, -0.2) is 4.39 Å². The van der Waals surface area contributed by atoms with Gasteiger partial charge in [-0.2, -0.15) is 4.98 Å². The summed E-state index contributed by atoms with van der Waals surface area (Å²) in [5.74, 6) is 1.46. The van der Waals surface area contributed by atoms with E-state index in [0.29, 0.717) is 34.5 Å². The third-order valence-corrected chi connectivity index (χ3v) is 4.17. The number of rotatable bonds is 7. The maximum absolute atomic E-state index is 13.2. The molecule has 0 bridgehead atoms. The van der Waals surface area contributed by atoms with Gasteiger partial charge in [0.15, 0.2) is 11.5 Å². The van der Waals surface area contributed by atoms with Crippen LogP contribution in [0.1, 0.15) is 17.4 Å². The Morgan fingerprint density at radius 2 is 1.67 bits per heavy atom. The summed E-state index contributed by atoms with van der Waals surface area (Å²) in [5.41, 5.74) is 7.30. The van der Waals surface area contributed by atoms with Crippen molar-refractivity contribution < 1.29 is 23.1 Å². The first-order valence-corrected chi connectivity index (χ1v) is 8.20. The van der Waals surface area contributed by atoms with Gasteiger partial charge in [-0.3, -0.25) is 0 Å². The first kappa shape index (κ1) is 18.7. The number of benzene rings is 2. The quantitative estimate of drug-likeness (QED) is 0.680. The number of ether oxygens (including phenoxy) is 3. The molecule has 0 spiro atoms. The molecule has 142 valence electrons. The topological polar surface area (TPSA) is 92.6 Å². The minimum atomic E-state index is -0.339. The molecule has 1 unspecified atom stereocenters. The number of hydrogen-bond donors (Lipinski definition) is 1. The second-order valence-electron chi connectivity index (χ2n) is 5.71. The SMILES string of the molecule is COc1cc(-c2noc(C(CN)c3ccc(F)cc3)n2)cc(OC)c1OC. The van der Waals surface area contributed by atoms with Crippen LogP contribution in [0.15, 0.2) is 40.9 Å². The maximum Gasteiger partial charge on any atom is 0.235 e. The number of hydrogen-bond acceptors (Lipinski definition) is 7. The van der Waals surface area contributed by atoms with Crippen LogP contribution in [0.3, 0.4) is 0 Å². The van der Waals surface area contributed by atoms with Crippen LogP contribution in [0.2, 0.25) is 0 Å². The zero-order valence-corrected chi connectivity index (χ0v) is 15.2. The molecule has 8 heteroatoms. The van der Waals surface area contributed by atoms with Gasteiger partial charge in [0.05, 0.1) is 27.2 Å². The van der Waals surface area contributed by atoms with Gasteiger partial charge in [-0.1, -0.05) is 17.3 Å². The molecule has 0 aliphatic rings. The second-order valence-corrected chi connectivity index (χ2v) is 5.71. The smallest absolute Gasteiger partial charge is 0.235 e. The molecular weight excluding hydrogens is 353 g/mol. The van der Waals surface area contributed by atoms with E-state index < -0.39 is 0 Å². The van der Waals surface area contributed by atoms with Crippen molar-refractivity contribution in [2.24, 2.45) is 5.73 Å². The Balaban J connectivity index is 1.98. The van der Waals surface area contributed by atoms with Crippen molar-refractivity contribution in [2.75, 3.05) is 27.9 Å². The molecule has 1 heterocycles. The molecule has 0 aliphatic heterocycles. The summed E-state index contributed by atoms with van der Waals surface area (Å²) in [6, 6.07) is 9.49. The van der Waals surface area contributed by atoms with E-state index in [1.807, 2.05) is 0 Å². The molecule has 2 aromatic carbocycles. The minimum Gasteiger partial charge on any atom is -0.493 e. The predicted octanol–water partition coefficient (Wildman–Crippen LogP) is 2.99. The van der Waals surface area contributed by atoms with E-state index in [2.05, 4.69) is 10.1 Å². The number of nitrogens with zero attached hydrogens (tertiary/aromatic N) is 2. The fraction of sp³-hybridized carbons (Fsp3) is 0.263. The van der Waals surface area contributed by atoms with Crippen LogP contribution in [0.5, 0.6) is 17.2 Å². The fourth-order valence-electron chi connectivity index (χ4n) is 2.78. The van der Waals surface area contributed by atoms with E-state index in [1.165, 1.54) is 33.5 Å². The third kappa shape index (κ3) is 3.70. The van der Waals surface area contributed by atoms with Crippen LogP contribution in [0.25, 0.3) is 11.4 Å². The molecule has 0 saturated heterocycles. The molecule has 0 radical (unpaired) electrons. The average Bonchev–Trinajstić information content (AvgIpc) is 3.18.